The summed E-state index contributed by atoms with van der Waals surface area (Å²) in [6.07, 6.45) is 1.88. The molecule has 1 N–H and O–H groups in total. The highest BCUT2D eigenvalue weighted by Crippen LogP contribution is 2.28. The number of benzene rings is 1. The molecule has 0 radical (unpaired) electrons. The largest absolute Gasteiger partial charge is 0.457 e. The molecule has 2 aromatic rings. The number of aryl methyl sites for hydroxylation is 2. The van der Waals surface area contributed by atoms with E-state index in [4.69, 9.17) is 4.74 Å². The van der Waals surface area contributed by atoms with Crippen LogP contribution in [0.1, 0.15) is 30.7 Å². The van der Waals surface area contributed by atoms with Crippen molar-refractivity contribution in [2.24, 2.45) is 0 Å². The molecule has 2 rings (SSSR count). The molecule has 0 unspecified atom stereocenters. The van der Waals surface area contributed by atoms with E-state index in [0.717, 1.165) is 39.3 Å². The minimum Gasteiger partial charge on any atom is -0.457 e. The SMILES string of the molecule is Cc1cc(Oc2ccc(Br)c(C)c2)c(CNC(C)C)cn1. The van der Waals surface area contributed by atoms with Crippen LogP contribution in [0.3, 0.4) is 0 Å². The third-order valence-corrected chi connectivity index (χ3v) is 4.03. The highest BCUT2D eigenvalue weighted by atomic mass is 79.9. The summed E-state index contributed by atoms with van der Waals surface area (Å²) in [6.45, 7) is 9.02. The van der Waals surface area contributed by atoms with Gasteiger partial charge >= 0.3 is 0 Å². The maximum atomic E-state index is 6.06. The summed E-state index contributed by atoms with van der Waals surface area (Å²) in [5.41, 5.74) is 3.17. The van der Waals surface area contributed by atoms with Gasteiger partial charge in [0.05, 0.1) is 0 Å². The molecular weight excluding hydrogens is 328 g/mol. The molecule has 0 aliphatic rings. The first-order valence-electron chi connectivity index (χ1n) is 7.08. The van der Waals surface area contributed by atoms with Crippen molar-refractivity contribution in [3.63, 3.8) is 0 Å². The maximum absolute atomic E-state index is 6.06. The zero-order valence-electron chi connectivity index (χ0n) is 12.9. The summed E-state index contributed by atoms with van der Waals surface area (Å²) in [7, 11) is 0. The highest BCUT2D eigenvalue weighted by Gasteiger charge is 2.08. The molecule has 0 saturated carbocycles. The summed E-state index contributed by atoms with van der Waals surface area (Å²) in [5, 5.41) is 3.40. The monoisotopic (exact) mass is 348 g/mol. The van der Waals surface area contributed by atoms with Gasteiger partial charge in [0.15, 0.2) is 0 Å². The van der Waals surface area contributed by atoms with Gasteiger partial charge in [-0.25, -0.2) is 0 Å². The van der Waals surface area contributed by atoms with Crippen LogP contribution in [0.15, 0.2) is 34.9 Å². The molecule has 0 aliphatic heterocycles. The second-order valence-corrected chi connectivity index (χ2v) is 6.34. The summed E-state index contributed by atoms with van der Waals surface area (Å²) in [6, 6.07) is 8.40. The molecule has 4 heteroatoms. The number of hydrogen-bond donors (Lipinski definition) is 1. The number of aromatic nitrogens is 1. The lowest BCUT2D eigenvalue weighted by atomic mass is 10.2. The van der Waals surface area contributed by atoms with E-state index < -0.39 is 0 Å². The number of rotatable bonds is 5. The van der Waals surface area contributed by atoms with Crippen molar-refractivity contribution in [2.45, 2.75) is 40.3 Å². The van der Waals surface area contributed by atoms with Crippen LogP contribution in [-0.2, 0) is 6.54 Å². The second kappa shape index (κ2) is 7.05. The summed E-state index contributed by atoms with van der Waals surface area (Å²) in [5.74, 6) is 1.70. The molecule has 0 atom stereocenters. The van der Waals surface area contributed by atoms with E-state index >= 15 is 0 Å². The van der Waals surface area contributed by atoms with Gasteiger partial charge < -0.3 is 10.1 Å². The molecule has 0 amide bonds. The minimum atomic E-state index is 0.425. The van der Waals surface area contributed by atoms with Gasteiger partial charge in [-0.1, -0.05) is 29.8 Å². The number of nitrogens with zero attached hydrogens (tertiary/aromatic N) is 1. The number of halogens is 1. The molecule has 0 saturated heterocycles. The van der Waals surface area contributed by atoms with Crippen molar-refractivity contribution in [3.8, 4) is 11.5 Å². The molecule has 1 aromatic carbocycles. The Bertz CT molecular complexity index is 626. The first kappa shape index (κ1) is 16.0. The van der Waals surface area contributed by atoms with Crippen molar-refractivity contribution in [3.05, 3.63) is 51.8 Å². The fourth-order valence-electron chi connectivity index (χ4n) is 1.91. The van der Waals surface area contributed by atoms with E-state index in [0.29, 0.717) is 6.04 Å². The molecule has 0 spiro atoms. The third-order valence-electron chi connectivity index (χ3n) is 3.14. The third kappa shape index (κ3) is 4.55. The summed E-state index contributed by atoms with van der Waals surface area (Å²) >= 11 is 3.51. The van der Waals surface area contributed by atoms with Gasteiger partial charge in [-0.3, -0.25) is 4.98 Å². The average Bonchev–Trinajstić information content (AvgIpc) is 2.42. The van der Waals surface area contributed by atoms with Gasteiger partial charge in [-0.2, -0.15) is 0 Å². The lowest BCUT2D eigenvalue weighted by Crippen LogP contribution is -2.22. The predicted molar refractivity (Wildman–Crippen MR) is 89.9 cm³/mol. The van der Waals surface area contributed by atoms with Crippen molar-refractivity contribution in [1.82, 2.24) is 10.3 Å². The van der Waals surface area contributed by atoms with Crippen LogP contribution < -0.4 is 10.1 Å². The Kier molecular flexibility index (Phi) is 5.37. The Morgan fingerprint density at radius 3 is 2.67 bits per heavy atom. The molecule has 0 fully saturated rings. The number of nitrogens with one attached hydrogen (secondary N) is 1. The summed E-state index contributed by atoms with van der Waals surface area (Å²) in [4.78, 5) is 4.36. The molecule has 0 bridgehead atoms. The molecule has 1 aromatic heterocycles. The van der Waals surface area contributed by atoms with Crippen molar-refractivity contribution in [1.29, 1.82) is 0 Å². The Morgan fingerprint density at radius 1 is 1.24 bits per heavy atom. The quantitative estimate of drug-likeness (QED) is 0.846. The molecule has 3 nitrogen and oxygen atoms in total. The standard InChI is InChI=1S/C17H21BrN2O/c1-11(2)19-9-14-10-20-13(4)8-17(14)21-15-5-6-16(18)12(3)7-15/h5-8,10-11,19H,9H2,1-4H3. The predicted octanol–water partition coefficient (Wildman–Crippen LogP) is 4.75. The lowest BCUT2D eigenvalue weighted by molar-refractivity contribution is 0.467. The first-order chi connectivity index (χ1) is 9.95. The molecule has 112 valence electrons. The highest BCUT2D eigenvalue weighted by molar-refractivity contribution is 9.10. The second-order valence-electron chi connectivity index (χ2n) is 5.48. The van der Waals surface area contributed by atoms with Crippen molar-refractivity contribution < 1.29 is 4.74 Å². The van der Waals surface area contributed by atoms with Gasteiger partial charge in [0.1, 0.15) is 11.5 Å². The molecular formula is C17H21BrN2O. The van der Waals surface area contributed by atoms with Crippen molar-refractivity contribution >= 4 is 15.9 Å². The Labute approximate surface area is 134 Å². The van der Waals surface area contributed by atoms with Crippen LogP contribution in [0.4, 0.5) is 0 Å². The van der Waals surface area contributed by atoms with Gasteiger partial charge in [0.2, 0.25) is 0 Å². The average molecular weight is 349 g/mol. The molecule has 1 heterocycles. The number of ether oxygens (including phenoxy) is 1. The van der Waals surface area contributed by atoms with E-state index in [1.54, 1.807) is 0 Å². The first-order valence-corrected chi connectivity index (χ1v) is 7.88. The van der Waals surface area contributed by atoms with E-state index in [2.05, 4.69) is 47.0 Å². The van der Waals surface area contributed by atoms with Crippen LogP contribution in [0.5, 0.6) is 11.5 Å². The van der Waals surface area contributed by atoms with E-state index in [1.165, 1.54) is 0 Å². The Balaban J connectivity index is 2.24. The Hall–Kier alpha value is -1.39. The molecule has 0 aliphatic carbocycles. The zero-order chi connectivity index (χ0) is 15.4. The summed E-state index contributed by atoms with van der Waals surface area (Å²) < 4.78 is 7.14. The maximum Gasteiger partial charge on any atom is 0.135 e. The number of hydrogen-bond acceptors (Lipinski definition) is 3. The number of pyridine rings is 1. The molecule has 21 heavy (non-hydrogen) atoms. The fraction of sp³-hybridized carbons (Fsp3) is 0.353. The minimum absolute atomic E-state index is 0.425. The van der Waals surface area contributed by atoms with Crippen LogP contribution in [0, 0.1) is 13.8 Å². The zero-order valence-corrected chi connectivity index (χ0v) is 14.5. The van der Waals surface area contributed by atoms with E-state index in [1.807, 2.05) is 37.4 Å². The lowest BCUT2D eigenvalue weighted by Gasteiger charge is -2.14. The van der Waals surface area contributed by atoms with Crippen LogP contribution >= 0.6 is 15.9 Å². The van der Waals surface area contributed by atoms with Gasteiger partial charge in [0.25, 0.3) is 0 Å². The van der Waals surface area contributed by atoms with E-state index in [-0.39, 0.29) is 0 Å². The van der Waals surface area contributed by atoms with Crippen LogP contribution in [0.25, 0.3) is 0 Å². The normalized spacial score (nSPS) is 11.0. The van der Waals surface area contributed by atoms with Gasteiger partial charge in [-0.05, 0) is 37.6 Å². The van der Waals surface area contributed by atoms with Gasteiger partial charge in [-0.15, -0.1) is 0 Å². The Morgan fingerprint density at radius 2 is 2.00 bits per heavy atom. The topological polar surface area (TPSA) is 34.1 Å². The van der Waals surface area contributed by atoms with Crippen LogP contribution in [-0.4, -0.2) is 11.0 Å². The van der Waals surface area contributed by atoms with Crippen LogP contribution in [0.2, 0.25) is 0 Å². The van der Waals surface area contributed by atoms with Crippen molar-refractivity contribution in [2.75, 3.05) is 0 Å². The van der Waals surface area contributed by atoms with E-state index in [9.17, 15) is 0 Å². The fourth-order valence-corrected chi connectivity index (χ4v) is 2.16. The van der Waals surface area contributed by atoms with Gasteiger partial charge in [0, 0.05) is 40.6 Å². The smallest absolute Gasteiger partial charge is 0.135 e.